The number of ether oxygens (including phenoxy) is 2. The van der Waals surface area contributed by atoms with Crippen LogP contribution in [-0.4, -0.2) is 41.0 Å². The number of halogens is 3. The molecule has 0 aliphatic carbocycles. The molecule has 0 unspecified atom stereocenters. The predicted octanol–water partition coefficient (Wildman–Crippen LogP) is 4.68. The van der Waals surface area contributed by atoms with E-state index in [1.165, 1.54) is 0 Å². The minimum Gasteiger partial charge on any atom is -0.462 e. The number of anilines is 1. The van der Waals surface area contributed by atoms with Gasteiger partial charge in [0.1, 0.15) is 16.0 Å². The van der Waals surface area contributed by atoms with Crippen molar-refractivity contribution in [1.29, 1.82) is 0 Å². The lowest BCUT2D eigenvalue weighted by molar-refractivity contribution is -0.122. The van der Waals surface area contributed by atoms with Crippen molar-refractivity contribution in [1.82, 2.24) is 5.32 Å². The van der Waals surface area contributed by atoms with Crippen molar-refractivity contribution in [2.75, 3.05) is 18.5 Å². The molecule has 0 saturated carbocycles. The number of hydrogen-bond donors (Lipinski definition) is 2. The first-order valence-corrected chi connectivity index (χ1v) is 11.0. The highest BCUT2D eigenvalue weighted by Crippen LogP contribution is 2.38. The van der Waals surface area contributed by atoms with Crippen LogP contribution in [0.2, 0.25) is 0 Å². The molecule has 0 radical (unpaired) electrons. The maximum atomic E-state index is 12.5. The van der Waals surface area contributed by atoms with Gasteiger partial charge >= 0.3 is 11.9 Å². The van der Waals surface area contributed by atoms with Crippen LogP contribution in [0.4, 0.5) is 5.00 Å². The van der Waals surface area contributed by atoms with Gasteiger partial charge in [0.05, 0.1) is 18.8 Å². The van der Waals surface area contributed by atoms with Gasteiger partial charge in [0.25, 0.3) is 0 Å². The standard InChI is InChI=1S/C18H25Cl3N2O5S/c1-6-27-15(25)12-10(5)13(16(26)28-7-2)29-14(12)23-17(18(19,20)21)22-11(24)8-9(3)4/h9,17,23H,6-8H2,1-5H3,(H,22,24)/t17-/m0/s1. The number of rotatable bonds is 9. The Hall–Kier alpha value is -1.22. The third-order valence-corrected chi connectivity index (χ3v) is 5.45. The monoisotopic (exact) mass is 486 g/mol. The second kappa shape index (κ2) is 11.2. The minimum absolute atomic E-state index is 0.0977. The fraction of sp³-hybridized carbons (Fsp3) is 0.611. The Bertz CT molecular complexity index is 747. The van der Waals surface area contributed by atoms with Crippen LogP contribution in [0.25, 0.3) is 0 Å². The number of carbonyl (C=O) groups excluding carboxylic acids is 3. The normalized spacial score (nSPS) is 12.4. The number of thiophene rings is 1. The van der Waals surface area contributed by atoms with Gasteiger partial charge in [-0.25, -0.2) is 9.59 Å². The summed E-state index contributed by atoms with van der Waals surface area (Å²) in [7, 11) is 0. The summed E-state index contributed by atoms with van der Waals surface area (Å²) in [4.78, 5) is 37.2. The van der Waals surface area contributed by atoms with Crippen LogP contribution in [0.3, 0.4) is 0 Å². The Morgan fingerprint density at radius 2 is 1.62 bits per heavy atom. The molecule has 1 aromatic rings. The van der Waals surface area contributed by atoms with Gasteiger partial charge in [0.15, 0.2) is 0 Å². The van der Waals surface area contributed by atoms with E-state index in [0.717, 1.165) is 11.3 Å². The number of amides is 1. The highest BCUT2D eigenvalue weighted by atomic mass is 35.6. The van der Waals surface area contributed by atoms with Gasteiger partial charge in [-0.1, -0.05) is 48.7 Å². The van der Waals surface area contributed by atoms with E-state index in [1.54, 1.807) is 20.8 Å². The van der Waals surface area contributed by atoms with Crippen molar-refractivity contribution in [3.8, 4) is 0 Å². The number of hydrogen-bond acceptors (Lipinski definition) is 7. The molecule has 29 heavy (non-hydrogen) atoms. The van der Waals surface area contributed by atoms with Gasteiger partial charge in [0.2, 0.25) is 9.70 Å². The zero-order valence-corrected chi connectivity index (χ0v) is 19.9. The summed E-state index contributed by atoms with van der Waals surface area (Å²) in [6.07, 6.45) is -0.929. The van der Waals surface area contributed by atoms with Crippen LogP contribution in [0.5, 0.6) is 0 Å². The molecule has 7 nitrogen and oxygen atoms in total. The Morgan fingerprint density at radius 3 is 2.10 bits per heavy atom. The topological polar surface area (TPSA) is 93.7 Å². The van der Waals surface area contributed by atoms with Gasteiger partial charge in [0, 0.05) is 6.42 Å². The zero-order chi connectivity index (χ0) is 22.4. The maximum absolute atomic E-state index is 12.5. The molecule has 0 fully saturated rings. The lowest BCUT2D eigenvalue weighted by Gasteiger charge is -2.27. The first kappa shape index (κ1) is 25.8. The van der Waals surface area contributed by atoms with Gasteiger partial charge in [-0.05, 0) is 32.3 Å². The molecule has 1 atom stereocenters. The summed E-state index contributed by atoms with van der Waals surface area (Å²) in [5, 5.41) is 5.71. The molecule has 1 aromatic heterocycles. The fourth-order valence-electron chi connectivity index (χ4n) is 2.38. The summed E-state index contributed by atoms with van der Waals surface area (Å²) >= 11 is 19.1. The van der Waals surface area contributed by atoms with E-state index in [2.05, 4.69) is 10.6 Å². The smallest absolute Gasteiger partial charge is 0.348 e. The molecule has 1 heterocycles. The molecule has 11 heteroatoms. The Labute approximate surface area is 189 Å². The molecule has 0 aromatic carbocycles. The van der Waals surface area contributed by atoms with E-state index in [-0.39, 0.29) is 46.9 Å². The van der Waals surface area contributed by atoms with Crippen LogP contribution in [0, 0.1) is 12.8 Å². The summed E-state index contributed by atoms with van der Waals surface area (Å²) in [5.41, 5.74) is 0.503. The molecular formula is C18H25Cl3N2O5S. The molecule has 1 rings (SSSR count). The van der Waals surface area contributed by atoms with Crippen molar-refractivity contribution < 1.29 is 23.9 Å². The summed E-state index contributed by atoms with van der Waals surface area (Å²) in [6.45, 7) is 9.01. The van der Waals surface area contributed by atoms with Crippen molar-refractivity contribution in [2.24, 2.45) is 5.92 Å². The van der Waals surface area contributed by atoms with E-state index in [4.69, 9.17) is 44.3 Å². The number of nitrogens with one attached hydrogen (secondary N) is 2. The summed E-state index contributed by atoms with van der Waals surface area (Å²) in [5.74, 6) is -1.46. The largest absolute Gasteiger partial charge is 0.462 e. The third kappa shape index (κ3) is 7.51. The number of esters is 2. The van der Waals surface area contributed by atoms with E-state index in [0.29, 0.717) is 5.56 Å². The maximum Gasteiger partial charge on any atom is 0.348 e. The highest BCUT2D eigenvalue weighted by Gasteiger charge is 2.36. The quantitative estimate of drug-likeness (QED) is 0.298. The molecule has 0 spiro atoms. The molecule has 0 bridgehead atoms. The highest BCUT2D eigenvalue weighted by molar-refractivity contribution is 7.18. The minimum atomic E-state index is -1.93. The second-order valence-corrected chi connectivity index (χ2v) is 9.88. The number of alkyl halides is 3. The first-order valence-electron chi connectivity index (χ1n) is 9.02. The molecule has 1 amide bonds. The lowest BCUT2D eigenvalue weighted by Crippen LogP contribution is -2.49. The average molecular weight is 488 g/mol. The van der Waals surface area contributed by atoms with Gasteiger partial charge < -0.3 is 20.1 Å². The van der Waals surface area contributed by atoms with Gasteiger partial charge in [-0.15, -0.1) is 11.3 Å². The molecule has 2 N–H and O–H groups in total. The van der Waals surface area contributed by atoms with E-state index in [9.17, 15) is 14.4 Å². The van der Waals surface area contributed by atoms with Crippen molar-refractivity contribution in [3.63, 3.8) is 0 Å². The van der Waals surface area contributed by atoms with Gasteiger partial charge in [-0.2, -0.15) is 0 Å². The Morgan fingerprint density at radius 1 is 1.07 bits per heavy atom. The molecule has 164 valence electrons. The SMILES string of the molecule is CCOC(=O)c1sc(N[C@H](NC(=O)CC(C)C)C(Cl)(Cl)Cl)c(C(=O)OCC)c1C. The zero-order valence-electron chi connectivity index (χ0n) is 16.9. The van der Waals surface area contributed by atoms with E-state index in [1.807, 2.05) is 13.8 Å². The summed E-state index contributed by atoms with van der Waals surface area (Å²) in [6, 6.07) is 0. The third-order valence-electron chi connectivity index (χ3n) is 3.59. The van der Waals surface area contributed by atoms with E-state index >= 15 is 0 Å². The van der Waals surface area contributed by atoms with Crippen LogP contribution >= 0.6 is 46.1 Å². The molecule has 0 saturated heterocycles. The predicted molar refractivity (Wildman–Crippen MR) is 116 cm³/mol. The average Bonchev–Trinajstić information content (AvgIpc) is 2.89. The Balaban J connectivity index is 3.32. The molecule has 0 aliphatic rings. The van der Waals surface area contributed by atoms with E-state index < -0.39 is 21.9 Å². The molecule has 0 aliphatic heterocycles. The van der Waals surface area contributed by atoms with Crippen molar-refractivity contribution in [2.45, 2.75) is 51.0 Å². The first-order chi connectivity index (χ1) is 13.4. The van der Waals surface area contributed by atoms with Crippen LogP contribution < -0.4 is 10.6 Å². The van der Waals surface area contributed by atoms with Crippen LogP contribution in [0.15, 0.2) is 0 Å². The van der Waals surface area contributed by atoms with Crippen molar-refractivity contribution >= 4 is 69.0 Å². The fourth-order valence-corrected chi connectivity index (χ4v) is 3.82. The van der Waals surface area contributed by atoms with Crippen molar-refractivity contribution in [3.05, 3.63) is 16.0 Å². The second-order valence-electron chi connectivity index (χ2n) is 6.49. The van der Waals surface area contributed by atoms with Gasteiger partial charge in [-0.3, -0.25) is 4.79 Å². The lowest BCUT2D eigenvalue weighted by atomic mass is 10.1. The Kier molecular flexibility index (Phi) is 10.0. The molecular weight excluding hydrogens is 463 g/mol. The van der Waals surface area contributed by atoms with Crippen LogP contribution in [0.1, 0.15) is 59.7 Å². The van der Waals surface area contributed by atoms with Crippen LogP contribution in [-0.2, 0) is 14.3 Å². The number of carbonyl (C=O) groups is 3. The summed E-state index contributed by atoms with van der Waals surface area (Å²) < 4.78 is 8.20.